The second kappa shape index (κ2) is 7.21. The minimum absolute atomic E-state index is 0.421. The van der Waals surface area contributed by atoms with Crippen molar-refractivity contribution in [2.45, 2.75) is 71.3 Å². The fraction of sp³-hybridized carbons (Fsp3) is 0.722. The maximum atomic E-state index is 4.59. The Morgan fingerprint density at radius 1 is 1.25 bits per heavy atom. The van der Waals surface area contributed by atoms with Crippen LogP contribution in [0.4, 0.5) is 0 Å². The minimum atomic E-state index is 0.421. The molecule has 0 spiro atoms. The van der Waals surface area contributed by atoms with Crippen molar-refractivity contribution in [2.24, 2.45) is 5.41 Å². The highest BCUT2D eigenvalue weighted by Gasteiger charge is 2.38. The van der Waals surface area contributed by atoms with Crippen LogP contribution in [-0.4, -0.2) is 17.6 Å². The Bertz CT molecular complexity index is 382. The second-order valence-electron chi connectivity index (χ2n) is 6.69. The third-order valence-corrected chi connectivity index (χ3v) is 5.02. The van der Waals surface area contributed by atoms with E-state index in [1.54, 1.807) is 0 Å². The third-order valence-electron chi connectivity index (χ3n) is 5.02. The van der Waals surface area contributed by atoms with Crippen molar-refractivity contribution in [1.82, 2.24) is 10.3 Å². The lowest BCUT2D eigenvalue weighted by molar-refractivity contribution is 0.127. The fourth-order valence-electron chi connectivity index (χ4n) is 3.81. The van der Waals surface area contributed by atoms with E-state index in [4.69, 9.17) is 0 Å². The van der Waals surface area contributed by atoms with Crippen LogP contribution in [-0.2, 0) is 0 Å². The van der Waals surface area contributed by atoms with Crippen LogP contribution in [0.15, 0.2) is 24.4 Å². The normalized spacial score (nSPS) is 21.4. The summed E-state index contributed by atoms with van der Waals surface area (Å²) in [5.41, 5.74) is 1.65. The SMILES string of the molecule is CCCNC(C(C)c1ccccn1)C1(C)CCCCC1. The van der Waals surface area contributed by atoms with Gasteiger partial charge in [-0.1, -0.05) is 46.1 Å². The summed E-state index contributed by atoms with van der Waals surface area (Å²) in [5.74, 6) is 0.478. The van der Waals surface area contributed by atoms with Crippen LogP contribution in [0.2, 0.25) is 0 Å². The first-order valence-corrected chi connectivity index (χ1v) is 8.31. The van der Waals surface area contributed by atoms with Crippen molar-refractivity contribution in [3.63, 3.8) is 0 Å². The molecule has 2 nitrogen and oxygen atoms in total. The van der Waals surface area contributed by atoms with Crippen LogP contribution in [0.5, 0.6) is 0 Å². The van der Waals surface area contributed by atoms with Crippen molar-refractivity contribution < 1.29 is 0 Å². The number of nitrogens with zero attached hydrogens (tertiary/aromatic N) is 1. The molecular weight excluding hydrogens is 244 g/mol. The summed E-state index contributed by atoms with van der Waals surface area (Å²) in [4.78, 5) is 4.59. The largest absolute Gasteiger partial charge is 0.313 e. The average Bonchev–Trinajstić information content (AvgIpc) is 2.49. The van der Waals surface area contributed by atoms with E-state index in [2.05, 4.69) is 43.2 Å². The maximum Gasteiger partial charge on any atom is 0.0447 e. The molecule has 2 heteroatoms. The number of rotatable bonds is 6. The van der Waals surface area contributed by atoms with Crippen LogP contribution < -0.4 is 5.32 Å². The molecule has 2 unspecified atom stereocenters. The lowest BCUT2D eigenvalue weighted by Gasteiger charge is -2.44. The first kappa shape index (κ1) is 15.5. The number of aromatic nitrogens is 1. The lowest BCUT2D eigenvalue weighted by atomic mass is 9.66. The van der Waals surface area contributed by atoms with Gasteiger partial charge < -0.3 is 5.32 Å². The highest BCUT2D eigenvalue weighted by atomic mass is 14.9. The van der Waals surface area contributed by atoms with E-state index in [1.807, 2.05) is 12.3 Å². The summed E-state index contributed by atoms with van der Waals surface area (Å²) in [7, 11) is 0. The van der Waals surface area contributed by atoms with Gasteiger partial charge in [-0.25, -0.2) is 0 Å². The Morgan fingerprint density at radius 3 is 2.60 bits per heavy atom. The molecule has 1 heterocycles. The zero-order valence-electron chi connectivity index (χ0n) is 13.4. The van der Waals surface area contributed by atoms with Gasteiger partial charge >= 0.3 is 0 Å². The molecule has 112 valence electrons. The van der Waals surface area contributed by atoms with Gasteiger partial charge in [0.2, 0.25) is 0 Å². The summed E-state index contributed by atoms with van der Waals surface area (Å²) >= 11 is 0. The monoisotopic (exact) mass is 274 g/mol. The van der Waals surface area contributed by atoms with Crippen molar-refractivity contribution >= 4 is 0 Å². The van der Waals surface area contributed by atoms with E-state index in [1.165, 1.54) is 44.2 Å². The molecule has 2 atom stereocenters. The molecule has 1 fully saturated rings. The van der Waals surface area contributed by atoms with Crippen LogP contribution in [0.1, 0.15) is 70.9 Å². The highest BCUT2D eigenvalue weighted by Crippen LogP contribution is 2.43. The molecule has 1 saturated carbocycles. The molecule has 2 rings (SSSR count). The molecule has 0 saturated heterocycles. The standard InChI is InChI=1S/C18H30N2/c1-4-13-20-17(18(3)11-7-5-8-12-18)15(2)16-10-6-9-14-19-16/h6,9-10,14-15,17,20H,4-5,7-8,11-13H2,1-3H3. The Kier molecular flexibility index (Phi) is 5.59. The van der Waals surface area contributed by atoms with Gasteiger partial charge in [-0.2, -0.15) is 0 Å². The second-order valence-corrected chi connectivity index (χ2v) is 6.69. The predicted octanol–water partition coefficient (Wildman–Crippen LogP) is 4.52. The van der Waals surface area contributed by atoms with Crippen molar-refractivity contribution in [3.05, 3.63) is 30.1 Å². The van der Waals surface area contributed by atoms with Crippen LogP contribution >= 0.6 is 0 Å². The Labute approximate surface area is 124 Å². The van der Waals surface area contributed by atoms with Gasteiger partial charge in [-0.05, 0) is 43.4 Å². The van der Waals surface area contributed by atoms with E-state index >= 15 is 0 Å². The van der Waals surface area contributed by atoms with Gasteiger partial charge in [0.05, 0.1) is 0 Å². The average molecular weight is 274 g/mol. The summed E-state index contributed by atoms with van der Waals surface area (Å²) < 4.78 is 0. The summed E-state index contributed by atoms with van der Waals surface area (Å²) in [6.45, 7) is 8.19. The molecule has 0 aliphatic heterocycles. The van der Waals surface area contributed by atoms with E-state index in [0.717, 1.165) is 6.54 Å². The van der Waals surface area contributed by atoms with Crippen molar-refractivity contribution in [3.8, 4) is 0 Å². The van der Waals surface area contributed by atoms with Gasteiger partial charge in [-0.3, -0.25) is 4.98 Å². The van der Waals surface area contributed by atoms with Crippen molar-refractivity contribution in [2.75, 3.05) is 6.54 Å². The van der Waals surface area contributed by atoms with E-state index in [0.29, 0.717) is 17.4 Å². The number of pyridine rings is 1. The van der Waals surface area contributed by atoms with Gasteiger partial charge in [0.1, 0.15) is 0 Å². The quantitative estimate of drug-likeness (QED) is 0.824. The summed E-state index contributed by atoms with van der Waals surface area (Å²) in [5, 5.41) is 3.84. The highest BCUT2D eigenvalue weighted by molar-refractivity contribution is 5.13. The summed E-state index contributed by atoms with van der Waals surface area (Å²) in [6, 6.07) is 6.83. The van der Waals surface area contributed by atoms with Crippen molar-refractivity contribution in [1.29, 1.82) is 0 Å². The Morgan fingerprint density at radius 2 is 2.00 bits per heavy atom. The molecule has 1 aromatic rings. The van der Waals surface area contributed by atoms with Crippen LogP contribution in [0, 0.1) is 5.41 Å². The van der Waals surface area contributed by atoms with Crippen LogP contribution in [0.25, 0.3) is 0 Å². The van der Waals surface area contributed by atoms with Gasteiger partial charge in [0.25, 0.3) is 0 Å². The van der Waals surface area contributed by atoms with Gasteiger partial charge in [0.15, 0.2) is 0 Å². The number of hydrogen-bond donors (Lipinski definition) is 1. The number of nitrogens with one attached hydrogen (secondary N) is 1. The minimum Gasteiger partial charge on any atom is -0.313 e. The fourth-order valence-corrected chi connectivity index (χ4v) is 3.81. The zero-order valence-corrected chi connectivity index (χ0v) is 13.4. The smallest absolute Gasteiger partial charge is 0.0447 e. The van der Waals surface area contributed by atoms with Crippen LogP contribution in [0.3, 0.4) is 0 Å². The van der Waals surface area contributed by atoms with E-state index < -0.39 is 0 Å². The molecular formula is C18H30N2. The molecule has 0 radical (unpaired) electrons. The topological polar surface area (TPSA) is 24.9 Å². The summed E-state index contributed by atoms with van der Waals surface area (Å²) in [6.07, 6.45) is 10.0. The molecule has 1 aliphatic rings. The molecule has 20 heavy (non-hydrogen) atoms. The molecule has 0 aromatic carbocycles. The lowest BCUT2D eigenvalue weighted by Crippen LogP contribution is -2.48. The van der Waals surface area contributed by atoms with E-state index in [9.17, 15) is 0 Å². The molecule has 1 N–H and O–H groups in total. The zero-order chi connectivity index (χ0) is 14.4. The number of hydrogen-bond acceptors (Lipinski definition) is 2. The van der Waals surface area contributed by atoms with E-state index in [-0.39, 0.29) is 0 Å². The molecule has 1 aliphatic carbocycles. The third kappa shape index (κ3) is 3.60. The first-order valence-electron chi connectivity index (χ1n) is 8.31. The molecule has 1 aromatic heterocycles. The predicted molar refractivity (Wildman–Crippen MR) is 85.9 cm³/mol. The van der Waals surface area contributed by atoms with Gasteiger partial charge in [0, 0.05) is 23.9 Å². The molecule has 0 bridgehead atoms. The maximum absolute atomic E-state index is 4.59. The van der Waals surface area contributed by atoms with Gasteiger partial charge in [-0.15, -0.1) is 0 Å². The Balaban J connectivity index is 2.17. The molecule has 0 amide bonds. The Hall–Kier alpha value is -0.890. The first-order chi connectivity index (χ1) is 9.67.